The molecule has 0 aliphatic rings. The number of carbonyl (C=O) groups excluding carboxylic acids is 4. The average molecular weight is 805 g/mol. The third-order valence-electron chi connectivity index (χ3n) is 7.11. The van der Waals surface area contributed by atoms with Crippen LogP contribution in [0.25, 0.3) is 0 Å². The van der Waals surface area contributed by atoms with Crippen molar-refractivity contribution in [2.75, 3.05) is 13.1 Å². The van der Waals surface area contributed by atoms with Gasteiger partial charge in [0.05, 0.1) is 8.95 Å². The lowest BCUT2D eigenvalue weighted by molar-refractivity contribution is -0.130. The summed E-state index contributed by atoms with van der Waals surface area (Å²) < 4.78 is 11.5. The average Bonchev–Trinajstić information content (AvgIpc) is 3.05. The molecule has 0 radical (unpaired) electrons. The van der Waals surface area contributed by atoms with Crippen LogP contribution in [0.2, 0.25) is 0 Å². The van der Waals surface area contributed by atoms with Gasteiger partial charge < -0.3 is 35.8 Å². The van der Waals surface area contributed by atoms with E-state index in [1.54, 1.807) is 32.9 Å². The number of ether oxygens (including phenoxy) is 2. The van der Waals surface area contributed by atoms with Crippen LogP contribution in [-0.4, -0.2) is 59.9 Å². The van der Waals surface area contributed by atoms with Crippen molar-refractivity contribution in [3.63, 3.8) is 0 Å². The quantitative estimate of drug-likeness (QED) is 0.107. The first kappa shape index (κ1) is 39.3. The Kier molecular flexibility index (Phi) is 15.9. The van der Waals surface area contributed by atoms with E-state index in [0.29, 0.717) is 46.9 Å². The molecular formula is C36H44Br2N4O7. The predicted molar refractivity (Wildman–Crippen MR) is 194 cm³/mol. The van der Waals surface area contributed by atoms with Gasteiger partial charge >= 0.3 is 12.2 Å². The van der Waals surface area contributed by atoms with E-state index < -0.39 is 35.8 Å². The van der Waals surface area contributed by atoms with Crippen molar-refractivity contribution in [1.29, 1.82) is 0 Å². The van der Waals surface area contributed by atoms with Gasteiger partial charge in [-0.15, -0.1) is 0 Å². The molecule has 0 spiro atoms. The molecule has 3 rings (SSSR count). The summed E-state index contributed by atoms with van der Waals surface area (Å²) >= 11 is 6.61. The van der Waals surface area contributed by atoms with E-state index in [1.165, 1.54) is 0 Å². The molecule has 0 unspecified atom stereocenters. The first-order valence-corrected chi connectivity index (χ1v) is 17.6. The van der Waals surface area contributed by atoms with Crippen LogP contribution in [0, 0.1) is 0 Å². The molecule has 3 aromatic rings. The molecule has 11 nitrogen and oxygen atoms in total. The van der Waals surface area contributed by atoms with Gasteiger partial charge in [0.2, 0.25) is 11.8 Å². The summed E-state index contributed by atoms with van der Waals surface area (Å²) in [6.45, 7) is 5.97. The zero-order valence-corrected chi connectivity index (χ0v) is 31.1. The fourth-order valence-electron chi connectivity index (χ4n) is 4.71. The van der Waals surface area contributed by atoms with Crippen LogP contribution >= 0.6 is 31.9 Å². The van der Waals surface area contributed by atoms with Gasteiger partial charge in [0.15, 0.2) is 0 Å². The molecule has 0 heterocycles. The van der Waals surface area contributed by atoms with Crippen molar-refractivity contribution in [3.8, 4) is 5.75 Å². The number of carbonyl (C=O) groups is 4. The summed E-state index contributed by atoms with van der Waals surface area (Å²) in [6.07, 6.45) is 0.612. The minimum Gasteiger partial charge on any atom is -0.506 e. The van der Waals surface area contributed by atoms with Crippen LogP contribution < -0.4 is 21.3 Å². The monoisotopic (exact) mass is 802 g/mol. The summed E-state index contributed by atoms with van der Waals surface area (Å²) in [5.74, 6) is -0.960. The number of amides is 4. The van der Waals surface area contributed by atoms with Crippen LogP contribution in [0.15, 0.2) is 81.7 Å². The van der Waals surface area contributed by atoms with Crippen LogP contribution in [0.3, 0.4) is 0 Å². The second-order valence-corrected chi connectivity index (χ2v) is 14.1. The second-order valence-electron chi connectivity index (χ2n) is 12.4. The van der Waals surface area contributed by atoms with E-state index in [4.69, 9.17) is 9.47 Å². The molecule has 3 aromatic carbocycles. The van der Waals surface area contributed by atoms with E-state index in [-0.39, 0.29) is 31.1 Å². The van der Waals surface area contributed by atoms with Crippen molar-refractivity contribution in [2.24, 2.45) is 0 Å². The number of phenols is 1. The lowest BCUT2D eigenvalue weighted by Crippen LogP contribution is -2.55. The molecule has 13 heteroatoms. The number of phenolic OH excluding ortho intramolecular Hbond substituents is 1. The standard InChI is InChI=1S/C36H44Br2N4O7/c1-36(2,3)49-35(47)42-30(22-26-20-27(37)31(43)28(38)21-26)33(45)41-29(32(44)39-19-17-24-12-6-4-7-13-24)16-10-11-18-40-34(46)48-23-25-14-8-5-9-15-25/h4-9,12-15,20-21,29-30,43H,10-11,16-19,22-23H2,1-3H3,(H,39,44)(H,40,46)(H,41,45)(H,42,47)/t29-,30-/m0/s1. The molecule has 264 valence electrons. The van der Waals surface area contributed by atoms with E-state index in [9.17, 15) is 24.3 Å². The third-order valence-corrected chi connectivity index (χ3v) is 8.32. The van der Waals surface area contributed by atoms with Crippen LogP contribution in [-0.2, 0) is 38.5 Å². The summed E-state index contributed by atoms with van der Waals surface area (Å²) in [7, 11) is 0. The fourth-order valence-corrected chi connectivity index (χ4v) is 5.99. The van der Waals surface area contributed by atoms with Crippen LogP contribution in [0.5, 0.6) is 5.75 Å². The Balaban J connectivity index is 1.66. The fraction of sp³-hybridized carbons (Fsp3) is 0.389. The maximum Gasteiger partial charge on any atom is 0.408 e. The highest BCUT2D eigenvalue weighted by molar-refractivity contribution is 9.11. The summed E-state index contributed by atoms with van der Waals surface area (Å²) in [5, 5.41) is 21.2. The predicted octanol–water partition coefficient (Wildman–Crippen LogP) is 6.29. The Labute approximate surface area is 304 Å². The molecule has 49 heavy (non-hydrogen) atoms. The Morgan fingerprint density at radius 3 is 1.96 bits per heavy atom. The first-order valence-electron chi connectivity index (χ1n) is 16.0. The maximum atomic E-state index is 13.8. The van der Waals surface area contributed by atoms with Gasteiger partial charge in [0, 0.05) is 19.5 Å². The second kappa shape index (κ2) is 19.8. The highest BCUT2D eigenvalue weighted by Gasteiger charge is 2.29. The van der Waals surface area contributed by atoms with Crippen molar-refractivity contribution in [1.82, 2.24) is 21.3 Å². The SMILES string of the molecule is CC(C)(C)OC(=O)N[C@@H](Cc1cc(Br)c(O)c(Br)c1)C(=O)N[C@@H](CCCCNC(=O)OCc1ccccc1)C(=O)NCCc1ccccc1. The molecule has 5 N–H and O–H groups in total. The molecule has 0 aliphatic carbocycles. The normalized spacial score (nSPS) is 12.3. The van der Waals surface area contributed by atoms with Gasteiger partial charge in [-0.1, -0.05) is 60.7 Å². The third kappa shape index (κ3) is 14.9. The highest BCUT2D eigenvalue weighted by Crippen LogP contribution is 2.33. The number of hydrogen-bond acceptors (Lipinski definition) is 7. The largest absolute Gasteiger partial charge is 0.506 e. The number of alkyl carbamates (subject to hydrolysis) is 2. The zero-order valence-electron chi connectivity index (χ0n) is 27.9. The lowest BCUT2D eigenvalue weighted by atomic mass is 10.0. The Hall–Kier alpha value is -4.10. The summed E-state index contributed by atoms with van der Waals surface area (Å²) in [5.41, 5.74) is 1.75. The molecule has 4 amide bonds. The topological polar surface area (TPSA) is 155 Å². The van der Waals surface area contributed by atoms with Gasteiger partial charge in [-0.2, -0.15) is 0 Å². The Morgan fingerprint density at radius 1 is 0.735 bits per heavy atom. The van der Waals surface area contributed by atoms with Crippen LogP contribution in [0.1, 0.15) is 56.7 Å². The number of hydrogen-bond donors (Lipinski definition) is 5. The van der Waals surface area contributed by atoms with Crippen molar-refractivity contribution in [3.05, 3.63) is 98.4 Å². The van der Waals surface area contributed by atoms with Crippen molar-refractivity contribution in [2.45, 2.75) is 77.2 Å². The summed E-state index contributed by atoms with van der Waals surface area (Å²) in [6, 6.07) is 20.3. The summed E-state index contributed by atoms with van der Waals surface area (Å²) in [4.78, 5) is 52.1. The highest BCUT2D eigenvalue weighted by atomic mass is 79.9. The molecule has 0 aromatic heterocycles. The lowest BCUT2D eigenvalue weighted by Gasteiger charge is -2.25. The smallest absolute Gasteiger partial charge is 0.408 e. The molecule has 2 atom stereocenters. The number of aromatic hydroxyl groups is 1. The van der Waals surface area contributed by atoms with Crippen LogP contribution in [0.4, 0.5) is 9.59 Å². The number of halogens is 2. The Morgan fingerprint density at radius 2 is 1.35 bits per heavy atom. The molecule has 0 bridgehead atoms. The molecule has 0 saturated heterocycles. The Bertz CT molecular complexity index is 1510. The van der Waals surface area contributed by atoms with E-state index in [1.807, 2.05) is 60.7 Å². The van der Waals surface area contributed by atoms with Gasteiger partial charge in [-0.05, 0) is 107 Å². The van der Waals surface area contributed by atoms with Gasteiger partial charge in [0.25, 0.3) is 0 Å². The minimum atomic E-state index is -1.11. The zero-order chi connectivity index (χ0) is 35.8. The van der Waals surface area contributed by atoms with Crippen molar-refractivity contribution >= 4 is 55.9 Å². The van der Waals surface area contributed by atoms with E-state index in [0.717, 1.165) is 11.1 Å². The van der Waals surface area contributed by atoms with Crippen molar-refractivity contribution < 1.29 is 33.8 Å². The van der Waals surface area contributed by atoms with E-state index >= 15 is 0 Å². The minimum absolute atomic E-state index is 0.00367. The van der Waals surface area contributed by atoms with E-state index in [2.05, 4.69) is 53.1 Å². The molecule has 0 fully saturated rings. The molecule has 0 aliphatic heterocycles. The number of benzene rings is 3. The first-order chi connectivity index (χ1) is 23.3. The molecule has 0 saturated carbocycles. The molecular weight excluding hydrogens is 760 g/mol. The number of rotatable bonds is 16. The number of unbranched alkanes of at least 4 members (excludes halogenated alkanes) is 1. The van der Waals surface area contributed by atoms with Gasteiger partial charge in [0.1, 0.15) is 30.0 Å². The van der Waals surface area contributed by atoms with Gasteiger partial charge in [-0.25, -0.2) is 9.59 Å². The maximum absolute atomic E-state index is 13.8. The van der Waals surface area contributed by atoms with Gasteiger partial charge in [-0.3, -0.25) is 9.59 Å². The number of nitrogens with one attached hydrogen (secondary N) is 4.